The van der Waals surface area contributed by atoms with Gasteiger partial charge in [-0.1, -0.05) is 11.6 Å². The number of rotatable bonds is 2. The fraction of sp³-hybridized carbons (Fsp3) is 0. The van der Waals surface area contributed by atoms with Gasteiger partial charge in [0.15, 0.2) is 0 Å². The van der Waals surface area contributed by atoms with Crippen molar-refractivity contribution in [3.63, 3.8) is 0 Å². The van der Waals surface area contributed by atoms with Crippen molar-refractivity contribution in [2.24, 2.45) is 0 Å². The number of nitrogens with one attached hydrogen (secondary N) is 1. The first-order valence-corrected chi connectivity index (χ1v) is 5.42. The molecule has 2 rings (SSSR count). The molecule has 15 heavy (non-hydrogen) atoms. The smallest absolute Gasteiger partial charge is 0.265 e. The fourth-order valence-electron chi connectivity index (χ4n) is 1.06. The summed E-state index contributed by atoms with van der Waals surface area (Å²) >= 11 is 6.99. The molecule has 0 saturated heterocycles. The third-order valence-electron chi connectivity index (χ3n) is 1.74. The van der Waals surface area contributed by atoms with Gasteiger partial charge in [0.2, 0.25) is 0 Å². The Hall–Kier alpha value is -1.39. The van der Waals surface area contributed by atoms with Crippen LogP contribution < -0.4 is 5.32 Å². The summed E-state index contributed by atoms with van der Waals surface area (Å²) in [6, 6.07) is 6.86. The SMILES string of the molecule is O=C(Nc1ccncc1)c1ccc(Cl)s1. The van der Waals surface area contributed by atoms with Gasteiger partial charge in [-0.3, -0.25) is 9.78 Å². The summed E-state index contributed by atoms with van der Waals surface area (Å²) in [7, 11) is 0. The number of hydrogen-bond acceptors (Lipinski definition) is 3. The van der Waals surface area contributed by atoms with E-state index in [-0.39, 0.29) is 5.91 Å². The summed E-state index contributed by atoms with van der Waals surface area (Å²) in [6.45, 7) is 0. The van der Waals surface area contributed by atoms with E-state index in [9.17, 15) is 4.79 Å². The lowest BCUT2D eigenvalue weighted by Crippen LogP contribution is -2.09. The normalized spacial score (nSPS) is 9.93. The van der Waals surface area contributed by atoms with Gasteiger partial charge in [0.05, 0.1) is 9.21 Å². The molecule has 0 saturated carbocycles. The van der Waals surface area contributed by atoms with Crippen molar-refractivity contribution in [2.75, 3.05) is 5.32 Å². The van der Waals surface area contributed by atoms with Gasteiger partial charge < -0.3 is 5.32 Å². The molecular formula is C10H7ClN2OS. The quantitative estimate of drug-likeness (QED) is 0.874. The number of thiophene rings is 1. The molecule has 0 radical (unpaired) electrons. The van der Waals surface area contributed by atoms with Crippen LogP contribution in [-0.2, 0) is 0 Å². The fourth-order valence-corrected chi connectivity index (χ4v) is 2.00. The Morgan fingerprint density at radius 2 is 2.00 bits per heavy atom. The van der Waals surface area contributed by atoms with Crippen LogP contribution in [0.15, 0.2) is 36.7 Å². The second kappa shape index (κ2) is 4.42. The number of pyridine rings is 1. The van der Waals surface area contributed by atoms with Crippen LogP contribution in [-0.4, -0.2) is 10.9 Å². The Balaban J connectivity index is 2.11. The van der Waals surface area contributed by atoms with Crippen molar-refractivity contribution in [3.8, 4) is 0 Å². The molecule has 0 aliphatic carbocycles. The van der Waals surface area contributed by atoms with Crippen LogP contribution in [0.4, 0.5) is 5.69 Å². The van der Waals surface area contributed by atoms with E-state index in [0.29, 0.717) is 9.21 Å². The Morgan fingerprint density at radius 1 is 1.27 bits per heavy atom. The molecule has 0 atom stereocenters. The Labute approximate surface area is 95.7 Å². The van der Waals surface area contributed by atoms with Gasteiger partial charge in [-0.25, -0.2) is 0 Å². The number of carbonyl (C=O) groups is 1. The molecule has 1 amide bonds. The summed E-state index contributed by atoms with van der Waals surface area (Å²) in [6.07, 6.45) is 3.24. The van der Waals surface area contributed by atoms with Crippen LogP contribution in [0.2, 0.25) is 4.34 Å². The highest BCUT2D eigenvalue weighted by molar-refractivity contribution is 7.18. The third kappa shape index (κ3) is 2.55. The van der Waals surface area contributed by atoms with Crippen LogP contribution >= 0.6 is 22.9 Å². The zero-order chi connectivity index (χ0) is 10.7. The van der Waals surface area contributed by atoms with Crippen LogP contribution in [0.3, 0.4) is 0 Å². The molecular weight excluding hydrogens is 232 g/mol. The maximum absolute atomic E-state index is 11.6. The lowest BCUT2D eigenvalue weighted by atomic mass is 10.4. The molecule has 0 spiro atoms. The first-order chi connectivity index (χ1) is 7.25. The number of nitrogens with zero attached hydrogens (tertiary/aromatic N) is 1. The van der Waals surface area contributed by atoms with E-state index in [0.717, 1.165) is 5.69 Å². The van der Waals surface area contributed by atoms with E-state index in [1.54, 1.807) is 36.7 Å². The number of carbonyl (C=O) groups excluding carboxylic acids is 1. The molecule has 76 valence electrons. The van der Waals surface area contributed by atoms with E-state index >= 15 is 0 Å². The maximum Gasteiger partial charge on any atom is 0.265 e. The predicted octanol–water partition coefficient (Wildman–Crippen LogP) is 3.05. The van der Waals surface area contributed by atoms with Gasteiger partial charge >= 0.3 is 0 Å². The van der Waals surface area contributed by atoms with Gasteiger partial charge in [-0.05, 0) is 24.3 Å². The topological polar surface area (TPSA) is 42.0 Å². The number of amides is 1. The Morgan fingerprint density at radius 3 is 2.60 bits per heavy atom. The van der Waals surface area contributed by atoms with E-state index < -0.39 is 0 Å². The van der Waals surface area contributed by atoms with Crippen LogP contribution in [0, 0.1) is 0 Å². The van der Waals surface area contributed by atoms with E-state index in [1.165, 1.54) is 11.3 Å². The molecule has 0 unspecified atom stereocenters. The largest absolute Gasteiger partial charge is 0.321 e. The number of aromatic nitrogens is 1. The highest BCUT2D eigenvalue weighted by atomic mass is 35.5. The second-order valence-corrected chi connectivity index (χ2v) is 4.51. The van der Waals surface area contributed by atoms with Crippen molar-refractivity contribution < 1.29 is 4.79 Å². The summed E-state index contributed by atoms with van der Waals surface area (Å²) < 4.78 is 0.606. The summed E-state index contributed by atoms with van der Waals surface area (Å²) in [4.78, 5) is 16.1. The van der Waals surface area contributed by atoms with Crippen molar-refractivity contribution in [1.82, 2.24) is 4.98 Å². The summed E-state index contributed by atoms with van der Waals surface area (Å²) in [5.74, 6) is -0.155. The van der Waals surface area contributed by atoms with Crippen molar-refractivity contribution in [1.29, 1.82) is 0 Å². The van der Waals surface area contributed by atoms with Crippen molar-refractivity contribution in [2.45, 2.75) is 0 Å². The molecule has 2 aromatic rings. The molecule has 2 aromatic heterocycles. The zero-order valence-electron chi connectivity index (χ0n) is 7.61. The average molecular weight is 239 g/mol. The average Bonchev–Trinajstić information content (AvgIpc) is 2.66. The Kier molecular flexibility index (Phi) is 2.99. The molecule has 3 nitrogen and oxygen atoms in total. The molecule has 0 aliphatic heterocycles. The van der Waals surface area contributed by atoms with Gasteiger partial charge in [0.1, 0.15) is 0 Å². The standard InChI is InChI=1S/C10H7ClN2OS/c11-9-2-1-8(15-9)10(14)13-7-3-5-12-6-4-7/h1-6H,(H,12,13,14). The molecule has 0 bridgehead atoms. The van der Waals surface area contributed by atoms with E-state index in [1.807, 2.05) is 0 Å². The number of halogens is 1. The molecule has 2 heterocycles. The van der Waals surface area contributed by atoms with E-state index in [2.05, 4.69) is 10.3 Å². The summed E-state index contributed by atoms with van der Waals surface area (Å²) in [5, 5.41) is 2.74. The van der Waals surface area contributed by atoms with Crippen LogP contribution in [0.25, 0.3) is 0 Å². The molecule has 0 aromatic carbocycles. The first-order valence-electron chi connectivity index (χ1n) is 4.22. The molecule has 0 aliphatic rings. The monoisotopic (exact) mass is 238 g/mol. The second-order valence-electron chi connectivity index (χ2n) is 2.79. The van der Waals surface area contributed by atoms with Crippen molar-refractivity contribution in [3.05, 3.63) is 45.9 Å². The van der Waals surface area contributed by atoms with Gasteiger partial charge in [0.25, 0.3) is 5.91 Å². The van der Waals surface area contributed by atoms with Crippen LogP contribution in [0.1, 0.15) is 9.67 Å². The summed E-state index contributed by atoms with van der Waals surface area (Å²) in [5.41, 5.74) is 0.722. The third-order valence-corrected chi connectivity index (χ3v) is 2.97. The highest BCUT2D eigenvalue weighted by Crippen LogP contribution is 2.22. The Bertz CT molecular complexity index is 469. The highest BCUT2D eigenvalue weighted by Gasteiger charge is 2.08. The minimum Gasteiger partial charge on any atom is -0.321 e. The molecule has 5 heteroatoms. The lowest BCUT2D eigenvalue weighted by molar-refractivity contribution is 0.103. The molecule has 1 N–H and O–H groups in total. The first kappa shape index (κ1) is 10.1. The van der Waals surface area contributed by atoms with E-state index in [4.69, 9.17) is 11.6 Å². The number of anilines is 1. The minimum atomic E-state index is -0.155. The number of hydrogen-bond donors (Lipinski definition) is 1. The zero-order valence-corrected chi connectivity index (χ0v) is 9.18. The van der Waals surface area contributed by atoms with Crippen LogP contribution in [0.5, 0.6) is 0 Å². The minimum absolute atomic E-state index is 0.155. The van der Waals surface area contributed by atoms with Crippen molar-refractivity contribution >= 4 is 34.5 Å². The van der Waals surface area contributed by atoms with Gasteiger partial charge in [-0.2, -0.15) is 0 Å². The lowest BCUT2D eigenvalue weighted by Gasteiger charge is -2.01. The molecule has 0 fully saturated rings. The predicted molar refractivity (Wildman–Crippen MR) is 61.5 cm³/mol. The maximum atomic E-state index is 11.6. The van der Waals surface area contributed by atoms with Gasteiger partial charge in [0, 0.05) is 18.1 Å². The van der Waals surface area contributed by atoms with Gasteiger partial charge in [-0.15, -0.1) is 11.3 Å².